The summed E-state index contributed by atoms with van der Waals surface area (Å²) in [4.78, 5) is 13.6. The molecule has 1 heterocycles. The predicted molar refractivity (Wildman–Crippen MR) is 109 cm³/mol. The average Bonchev–Trinajstić information content (AvgIpc) is 2.64. The summed E-state index contributed by atoms with van der Waals surface area (Å²) in [6.07, 6.45) is 3.18. The van der Waals surface area contributed by atoms with Gasteiger partial charge in [-0.2, -0.15) is 0 Å². The fraction of sp³-hybridized carbons (Fsp3) is 0.316. The van der Waals surface area contributed by atoms with Gasteiger partial charge in [0.1, 0.15) is 4.90 Å². The number of carbonyl (C=O) groups excluding carboxylic acids is 1. The van der Waals surface area contributed by atoms with Crippen LogP contribution in [0.15, 0.2) is 47.4 Å². The number of nitrogens with zero attached hydrogens (tertiary/aromatic N) is 1. The Hall–Kier alpha value is -2.25. The summed E-state index contributed by atoms with van der Waals surface area (Å²) in [7, 11) is -3.90. The zero-order valence-corrected chi connectivity index (χ0v) is 16.6. The van der Waals surface area contributed by atoms with Gasteiger partial charge in [0.15, 0.2) is 0 Å². The SMILES string of the molecule is CC(=O)Nc1ccc(N2CCCCC2)c(S(=O)(=O)Nc2ccccc2Cl)c1. The number of carbonyl (C=O) groups is 1. The van der Waals surface area contributed by atoms with E-state index < -0.39 is 10.0 Å². The lowest BCUT2D eigenvalue weighted by atomic mass is 10.1. The Balaban J connectivity index is 2.03. The van der Waals surface area contributed by atoms with E-state index in [9.17, 15) is 13.2 Å². The van der Waals surface area contributed by atoms with Gasteiger partial charge in [-0.05, 0) is 49.6 Å². The molecule has 0 bridgehead atoms. The third kappa shape index (κ3) is 4.73. The number of anilines is 3. The monoisotopic (exact) mass is 407 g/mol. The van der Waals surface area contributed by atoms with Gasteiger partial charge in [-0.1, -0.05) is 23.7 Å². The van der Waals surface area contributed by atoms with E-state index in [2.05, 4.69) is 14.9 Å². The van der Waals surface area contributed by atoms with Crippen LogP contribution >= 0.6 is 11.6 Å². The fourth-order valence-corrected chi connectivity index (χ4v) is 4.72. The standard InChI is InChI=1S/C19H22ClN3O3S/c1-14(24)21-15-9-10-18(23-11-5-2-6-12-23)19(13-15)27(25,26)22-17-8-4-3-7-16(17)20/h3-4,7-10,13,22H,2,5-6,11-12H2,1H3,(H,21,24). The molecule has 0 aliphatic carbocycles. The van der Waals surface area contributed by atoms with E-state index in [0.717, 1.165) is 32.4 Å². The van der Waals surface area contributed by atoms with Crippen molar-refractivity contribution in [2.75, 3.05) is 28.0 Å². The number of piperidine rings is 1. The van der Waals surface area contributed by atoms with Crippen molar-refractivity contribution in [3.8, 4) is 0 Å². The maximum absolute atomic E-state index is 13.1. The van der Waals surface area contributed by atoms with Gasteiger partial charge < -0.3 is 10.2 Å². The Bertz CT molecular complexity index is 941. The number of para-hydroxylation sites is 1. The molecule has 0 unspecified atom stereocenters. The van der Waals surface area contributed by atoms with Gasteiger partial charge in [0.05, 0.1) is 16.4 Å². The molecule has 8 heteroatoms. The van der Waals surface area contributed by atoms with Gasteiger partial charge in [0, 0.05) is 25.7 Å². The van der Waals surface area contributed by atoms with Gasteiger partial charge in [-0.15, -0.1) is 0 Å². The molecule has 1 amide bonds. The first-order valence-corrected chi connectivity index (χ1v) is 10.7. The van der Waals surface area contributed by atoms with E-state index in [-0.39, 0.29) is 10.8 Å². The van der Waals surface area contributed by atoms with Crippen LogP contribution in [0.5, 0.6) is 0 Å². The molecule has 2 aromatic carbocycles. The highest BCUT2D eigenvalue weighted by Gasteiger charge is 2.24. The Morgan fingerprint density at radius 2 is 1.78 bits per heavy atom. The summed E-state index contributed by atoms with van der Waals surface area (Å²) in [5.41, 5.74) is 1.37. The molecule has 144 valence electrons. The Morgan fingerprint density at radius 3 is 2.44 bits per heavy atom. The van der Waals surface area contributed by atoms with E-state index in [4.69, 9.17) is 11.6 Å². The second-order valence-corrected chi connectivity index (χ2v) is 8.55. The molecule has 3 rings (SSSR count). The Morgan fingerprint density at radius 1 is 1.07 bits per heavy atom. The van der Waals surface area contributed by atoms with E-state index >= 15 is 0 Å². The Labute approximate surface area is 164 Å². The number of sulfonamides is 1. The maximum Gasteiger partial charge on any atom is 0.264 e. The van der Waals surface area contributed by atoms with Crippen LogP contribution in [0.1, 0.15) is 26.2 Å². The van der Waals surface area contributed by atoms with Gasteiger partial charge in [0.25, 0.3) is 10.0 Å². The first-order valence-electron chi connectivity index (χ1n) is 8.81. The molecule has 2 aromatic rings. The second-order valence-electron chi connectivity index (χ2n) is 6.50. The molecule has 6 nitrogen and oxygen atoms in total. The molecular weight excluding hydrogens is 386 g/mol. The van der Waals surface area contributed by atoms with Crippen molar-refractivity contribution in [3.63, 3.8) is 0 Å². The number of halogens is 1. The number of benzene rings is 2. The molecule has 0 aromatic heterocycles. The first-order chi connectivity index (χ1) is 12.9. The number of amides is 1. The summed E-state index contributed by atoms with van der Waals surface area (Å²) in [5.74, 6) is -0.261. The molecule has 0 radical (unpaired) electrons. The lowest BCUT2D eigenvalue weighted by Crippen LogP contribution is -2.31. The Kier molecular flexibility index (Phi) is 5.92. The molecule has 2 N–H and O–H groups in total. The quantitative estimate of drug-likeness (QED) is 0.782. The highest BCUT2D eigenvalue weighted by atomic mass is 35.5. The lowest BCUT2D eigenvalue weighted by molar-refractivity contribution is -0.114. The zero-order valence-electron chi connectivity index (χ0n) is 15.0. The van der Waals surface area contributed by atoms with E-state index in [0.29, 0.717) is 22.1 Å². The minimum Gasteiger partial charge on any atom is -0.370 e. The maximum atomic E-state index is 13.1. The number of hydrogen-bond donors (Lipinski definition) is 2. The third-order valence-electron chi connectivity index (χ3n) is 4.38. The van der Waals surface area contributed by atoms with Crippen molar-refractivity contribution < 1.29 is 13.2 Å². The molecule has 1 aliphatic rings. The predicted octanol–water partition coefficient (Wildman–Crippen LogP) is 4.09. The van der Waals surface area contributed by atoms with Crippen LogP contribution < -0.4 is 14.9 Å². The topological polar surface area (TPSA) is 78.5 Å². The normalized spacial score (nSPS) is 14.7. The zero-order chi connectivity index (χ0) is 19.4. The van der Waals surface area contributed by atoms with Crippen LogP contribution in [0, 0.1) is 0 Å². The fourth-order valence-electron chi connectivity index (χ4n) is 3.15. The van der Waals surface area contributed by atoms with Gasteiger partial charge in [0.2, 0.25) is 5.91 Å². The number of hydrogen-bond acceptors (Lipinski definition) is 4. The van der Waals surface area contributed by atoms with Crippen molar-refractivity contribution >= 4 is 44.6 Å². The van der Waals surface area contributed by atoms with E-state index in [1.807, 2.05) is 0 Å². The molecule has 27 heavy (non-hydrogen) atoms. The minimum absolute atomic E-state index is 0.121. The summed E-state index contributed by atoms with van der Waals surface area (Å²) in [6.45, 7) is 2.98. The number of nitrogens with one attached hydrogen (secondary N) is 2. The highest BCUT2D eigenvalue weighted by Crippen LogP contribution is 2.33. The van der Waals surface area contributed by atoms with Crippen molar-refractivity contribution in [1.82, 2.24) is 0 Å². The molecule has 0 saturated carbocycles. The molecule has 0 spiro atoms. The molecule has 1 aliphatic heterocycles. The average molecular weight is 408 g/mol. The van der Waals surface area contributed by atoms with Crippen molar-refractivity contribution in [1.29, 1.82) is 0 Å². The third-order valence-corrected chi connectivity index (χ3v) is 6.11. The second kappa shape index (κ2) is 8.19. The van der Waals surface area contributed by atoms with Crippen LogP contribution in [0.2, 0.25) is 5.02 Å². The van der Waals surface area contributed by atoms with Crippen LogP contribution in [0.3, 0.4) is 0 Å². The molecule has 1 saturated heterocycles. The molecule has 1 fully saturated rings. The minimum atomic E-state index is -3.90. The van der Waals surface area contributed by atoms with E-state index in [1.54, 1.807) is 36.4 Å². The number of rotatable bonds is 5. The van der Waals surface area contributed by atoms with Gasteiger partial charge in [-0.3, -0.25) is 9.52 Å². The summed E-state index contributed by atoms with van der Waals surface area (Å²) in [5, 5.41) is 2.97. The highest BCUT2D eigenvalue weighted by molar-refractivity contribution is 7.93. The van der Waals surface area contributed by atoms with Gasteiger partial charge in [-0.25, -0.2) is 8.42 Å². The lowest BCUT2D eigenvalue weighted by Gasteiger charge is -2.30. The first kappa shape index (κ1) is 19.5. The van der Waals surface area contributed by atoms with Crippen LogP contribution in [0.4, 0.5) is 17.1 Å². The molecular formula is C19H22ClN3O3S. The smallest absolute Gasteiger partial charge is 0.264 e. The van der Waals surface area contributed by atoms with Crippen molar-refractivity contribution in [2.24, 2.45) is 0 Å². The largest absolute Gasteiger partial charge is 0.370 e. The van der Waals surface area contributed by atoms with E-state index in [1.165, 1.54) is 13.0 Å². The summed E-state index contributed by atoms with van der Waals surface area (Å²) in [6, 6.07) is 11.6. The van der Waals surface area contributed by atoms with Crippen molar-refractivity contribution in [3.05, 3.63) is 47.5 Å². The summed E-state index contributed by atoms with van der Waals surface area (Å²) >= 11 is 6.11. The molecule has 0 atom stereocenters. The van der Waals surface area contributed by atoms with Gasteiger partial charge >= 0.3 is 0 Å². The van der Waals surface area contributed by atoms with Crippen molar-refractivity contribution in [2.45, 2.75) is 31.1 Å². The van der Waals surface area contributed by atoms with Crippen LogP contribution in [0.25, 0.3) is 0 Å². The van der Waals surface area contributed by atoms with Crippen LogP contribution in [-0.2, 0) is 14.8 Å². The summed E-state index contributed by atoms with van der Waals surface area (Å²) < 4.78 is 28.9. The van der Waals surface area contributed by atoms with Crippen LogP contribution in [-0.4, -0.2) is 27.4 Å².